The van der Waals surface area contributed by atoms with Gasteiger partial charge in [0.1, 0.15) is 4.60 Å². The van der Waals surface area contributed by atoms with Gasteiger partial charge in [-0.2, -0.15) is 0 Å². The number of fused-ring (bicyclic) bond motifs is 1. The minimum Gasteiger partial charge on any atom is -0.481 e. The van der Waals surface area contributed by atoms with Gasteiger partial charge in [0.25, 0.3) is 5.91 Å². The Labute approximate surface area is 148 Å². The van der Waals surface area contributed by atoms with E-state index in [1.165, 1.54) is 36.6 Å². The molecule has 2 aromatic heterocycles. The lowest BCUT2D eigenvalue weighted by Crippen LogP contribution is -2.12. The summed E-state index contributed by atoms with van der Waals surface area (Å²) in [6.07, 6.45) is 0. The highest BCUT2D eigenvalue weighted by Crippen LogP contribution is 2.27. The number of benzene rings is 1. The van der Waals surface area contributed by atoms with E-state index < -0.39 is 5.97 Å². The summed E-state index contributed by atoms with van der Waals surface area (Å²) >= 11 is 4.42. The fraction of sp³-hybridized carbons (Fsp3) is 0.0667. The number of methoxy groups -OCH3 is 1. The van der Waals surface area contributed by atoms with Crippen LogP contribution in [0.2, 0.25) is 0 Å². The third-order valence-electron chi connectivity index (χ3n) is 3.10. The van der Waals surface area contributed by atoms with Gasteiger partial charge < -0.3 is 9.84 Å². The van der Waals surface area contributed by atoms with Gasteiger partial charge in [-0.3, -0.25) is 10.1 Å². The predicted molar refractivity (Wildman–Crippen MR) is 93.0 cm³/mol. The lowest BCUT2D eigenvalue weighted by molar-refractivity contribution is 0.0697. The molecule has 1 aromatic carbocycles. The highest BCUT2D eigenvalue weighted by atomic mass is 79.9. The second-order valence-electron chi connectivity index (χ2n) is 4.68. The maximum absolute atomic E-state index is 12.3. The molecule has 0 aliphatic heterocycles. The number of carboxylic acids is 1. The van der Waals surface area contributed by atoms with Crippen molar-refractivity contribution >= 4 is 54.5 Å². The number of amides is 1. The van der Waals surface area contributed by atoms with Gasteiger partial charge in [-0.25, -0.2) is 14.8 Å². The van der Waals surface area contributed by atoms with Crippen molar-refractivity contribution in [2.24, 2.45) is 0 Å². The molecule has 0 aliphatic rings. The zero-order valence-electron chi connectivity index (χ0n) is 12.2. The molecule has 7 nitrogen and oxygen atoms in total. The van der Waals surface area contributed by atoms with Crippen molar-refractivity contribution in [3.63, 3.8) is 0 Å². The second-order valence-corrected chi connectivity index (χ2v) is 6.52. The van der Waals surface area contributed by atoms with Crippen LogP contribution in [0.5, 0.6) is 5.88 Å². The van der Waals surface area contributed by atoms with E-state index in [9.17, 15) is 9.59 Å². The first-order valence-corrected chi connectivity index (χ1v) is 8.24. The molecule has 24 heavy (non-hydrogen) atoms. The summed E-state index contributed by atoms with van der Waals surface area (Å²) in [6, 6.07) is 7.68. The second kappa shape index (κ2) is 6.54. The molecule has 2 heterocycles. The average molecular weight is 408 g/mol. The lowest BCUT2D eigenvalue weighted by atomic mass is 10.2. The Bertz CT molecular complexity index is 957. The number of pyridine rings is 1. The first-order chi connectivity index (χ1) is 11.5. The van der Waals surface area contributed by atoms with Crippen LogP contribution in [0.4, 0.5) is 5.13 Å². The molecule has 0 fully saturated rings. The molecular formula is C15H10BrN3O4S. The molecule has 0 saturated carbocycles. The molecule has 9 heteroatoms. The van der Waals surface area contributed by atoms with E-state index in [4.69, 9.17) is 9.84 Å². The van der Waals surface area contributed by atoms with Crippen LogP contribution < -0.4 is 10.1 Å². The highest BCUT2D eigenvalue weighted by molar-refractivity contribution is 9.10. The third-order valence-corrected chi connectivity index (χ3v) is 4.44. The predicted octanol–water partition coefficient (Wildman–Crippen LogP) is 3.41. The molecule has 2 N–H and O–H groups in total. The Morgan fingerprint density at radius 1 is 1.21 bits per heavy atom. The average Bonchev–Trinajstić information content (AvgIpc) is 2.95. The lowest BCUT2D eigenvalue weighted by Gasteiger charge is -2.04. The van der Waals surface area contributed by atoms with Gasteiger partial charge in [-0.15, -0.1) is 0 Å². The molecule has 0 atom stereocenters. The van der Waals surface area contributed by atoms with E-state index in [1.54, 1.807) is 12.1 Å². The Morgan fingerprint density at radius 3 is 2.71 bits per heavy atom. The van der Waals surface area contributed by atoms with Crippen LogP contribution in [-0.2, 0) is 0 Å². The smallest absolute Gasteiger partial charge is 0.335 e. The topological polar surface area (TPSA) is 101 Å². The van der Waals surface area contributed by atoms with E-state index in [2.05, 4.69) is 31.2 Å². The molecule has 0 spiro atoms. The molecule has 0 unspecified atom stereocenters. The van der Waals surface area contributed by atoms with Crippen molar-refractivity contribution in [2.45, 2.75) is 0 Å². The van der Waals surface area contributed by atoms with Crippen molar-refractivity contribution in [2.75, 3.05) is 12.4 Å². The number of aromatic nitrogens is 2. The van der Waals surface area contributed by atoms with E-state index >= 15 is 0 Å². The number of carbonyl (C=O) groups is 2. The first kappa shape index (κ1) is 16.3. The number of hydrogen-bond donors (Lipinski definition) is 2. The zero-order valence-corrected chi connectivity index (χ0v) is 14.6. The number of halogens is 1. The van der Waals surface area contributed by atoms with Crippen LogP contribution in [0, 0.1) is 0 Å². The fourth-order valence-corrected chi connectivity index (χ4v) is 3.31. The quantitative estimate of drug-likeness (QED) is 0.642. The van der Waals surface area contributed by atoms with Crippen LogP contribution in [0.3, 0.4) is 0 Å². The maximum atomic E-state index is 12.3. The minimum atomic E-state index is -1.01. The summed E-state index contributed by atoms with van der Waals surface area (Å²) in [5.41, 5.74) is 1.15. The van der Waals surface area contributed by atoms with Crippen molar-refractivity contribution in [1.29, 1.82) is 0 Å². The minimum absolute atomic E-state index is 0.173. The number of rotatable bonds is 4. The SMILES string of the molecule is COc1cc(C(=O)Nc2nc3ccc(C(=O)O)cc3s2)cc(Br)n1. The summed E-state index contributed by atoms with van der Waals surface area (Å²) in [6.45, 7) is 0. The largest absolute Gasteiger partial charge is 0.481 e. The van der Waals surface area contributed by atoms with E-state index in [1.807, 2.05) is 0 Å². The number of carboxylic acid groups (broad SMARTS) is 1. The third kappa shape index (κ3) is 3.36. The number of nitrogens with zero attached hydrogens (tertiary/aromatic N) is 2. The molecule has 0 saturated heterocycles. The number of carbonyl (C=O) groups excluding carboxylic acids is 1. The van der Waals surface area contributed by atoms with Crippen molar-refractivity contribution in [1.82, 2.24) is 9.97 Å². The summed E-state index contributed by atoms with van der Waals surface area (Å²) in [4.78, 5) is 31.7. The van der Waals surface area contributed by atoms with Gasteiger partial charge >= 0.3 is 5.97 Å². The van der Waals surface area contributed by atoms with Gasteiger partial charge in [0.15, 0.2) is 5.13 Å². The number of anilines is 1. The number of aromatic carboxylic acids is 1. The molecule has 3 aromatic rings. The summed E-state index contributed by atoms with van der Waals surface area (Å²) < 4.78 is 6.18. The van der Waals surface area contributed by atoms with E-state index in [0.717, 1.165) is 0 Å². The summed E-state index contributed by atoms with van der Waals surface area (Å²) in [7, 11) is 1.46. The summed E-state index contributed by atoms with van der Waals surface area (Å²) in [5, 5.41) is 12.1. The van der Waals surface area contributed by atoms with E-state index in [-0.39, 0.29) is 11.5 Å². The molecule has 0 aliphatic carbocycles. The van der Waals surface area contributed by atoms with Crippen LogP contribution in [0.25, 0.3) is 10.2 Å². The normalized spacial score (nSPS) is 10.6. The fourth-order valence-electron chi connectivity index (χ4n) is 1.99. The molecule has 122 valence electrons. The highest BCUT2D eigenvalue weighted by Gasteiger charge is 2.13. The zero-order chi connectivity index (χ0) is 17.3. The van der Waals surface area contributed by atoms with Crippen LogP contribution in [0.15, 0.2) is 34.9 Å². The van der Waals surface area contributed by atoms with Crippen LogP contribution in [0.1, 0.15) is 20.7 Å². The summed E-state index contributed by atoms with van der Waals surface area (Å²) in [5.74, 6) is -1.07. The van der Waals surface area contributed by atoms with Gasteiger partial charge in [0, 0.05) is 11.6 Å². The maximum Gasteiger partial charge on any atom is 0.335 e. The number of hydrogen-bond acceptors (Lipinski definition) is 6. The van der Waals surface area contributed by atoms with Crippen molar-refractivity contribution in [3.05, 3.63) is 46.1 Å². The molecule has 3 rings (SSSR count). The standard InChI is InChI=1S/C15H10BrN3O4S/c1-23-12-6-8(5-11(16)18-12)13(20)19-15-17-9-3-2-7(14(21)22)4-10(9)24-15/h2-6H,1H3,(H,21,22)(H,17,19,20). The number of ether oxygens (including phenoxy) is 1. The number of nitrogens with one attached hydrogen (secondary N) is 1. The Balaban J connectivity index is 1.87. The van der Waals surface area contributed by atoms with Crippen LogP contribution in [-0.4, -0.2) is 34.1 Å². The van der Waals surface area contributed by atoms with Gasteiger partial charge in [-0.05, 0) is 40.2 Å². The van der Waals surface area contributed by atoms with Crippen LogP contribution >= 0.6 is 27.3 Å². The van der Waals surface area contributed by atoms with Crippen molar-refractivity contribution in [3.8, 4) is 5.88 Å². The van der Waals surface area contributed by atoms with Crippen molar-refractivity contribution < 1.29 is 19.4 Å². The monoisotopic (exact) mass is 407 g/mol. The van der Waals surface area contributed by atoms with E-state index in [0.29, 0.717) is 31.4 Å². The van der Waals surface area contributed by atoms with Gasteiger partial charge in [0.2, 0.25) is 5.88 Å². The molecular weight excluding hydrogens is 398 g/mol. The van der Waals surface area contributed by atoms with Gasteiger partial charge in [-0.1, -0.05) is 11.3 Å². The Kier molecular flexibility index (Phi) is 4.45. The first-order valence-electron chi connectivity index (χ1n) is 6.63. The Hall–Kier alpha value is -2.52. The number of thiazole rings is 1. The molecule has 1 amide bonds. The Morgan fingerprint density at radius 2 is 2.00 bits per heavy atom. The molecule has 0 radical (unpaired) electrons. The molecule has 0 bridgehead atoms. The van der Waals surface area contributed by atoms with Gasteiger partial charge in [0.05, 0.1) is 22.9 Å².